The molecule has 0 unspecified atom stereocenters. The van der Waals surface area contributed by atoms with Crippen LogP contribution in [0.5, 0.6) is 0 Å². The molecule has 2 heterocycles. The normalized spacial score (nSPS) is 10.3. The predicted octanol–water partition coefficient (Wildman–Crippen LogP) is 0.607. The molecular weight excluding hydrogens is 256 g/mol. The summed E-state index contributed by atoms with van der Waals surface area (Å²) in [7, 11) is 0. The highest BCUT2D eigenvalue weighted by Gasteiger charge is 2.17. The van der Waals surface area contributed by atoms with Crippen molar-refractivity contribution in [3.05, 3.63) is 16.3 Å². The number of hydrogen-bond acceptors (Lipinski definition) is 7. The molecule has 0 radical (unpaired) electrons. The van der Waals surface area contributed by atoms with Crippen LogP contribution in [0, 0.1) is 6.92 Å². The van der Waals surface area contributed by atoms with Crippen LogP contribution in [-0.2, 0) is 0 Å². The molecule has 0 spiro atoms. The molecule has 0 aliphatic carbocycles. The summed E-state index contributed by atoms with van der Waals surface area (Å²) in [6.07, 6.45) is 0. The lowest BCUT2D eigenvalue weighted by Crippen LogP contribution is -2.14. The van der Waals surface area contributed by atoms with E-state index in [9.17, 15) is 9.59 Å². The van der Waals surface area contributed by atoms with Gasteiger partial charge in [-0.05, 0) is 6.92 Å². The highest BCUT2D eigenvalue weighted by Crippen LogP contribution is 2.23. The molecule has 0 aliphatic rings. The second-order valence-corrected chi connectivity index (χ2v) is 4.50. The first-order valence-electron chi connectivity index (χ1n) is 4.95. The number of anilines is 2. The molecule has 2 aromatic rings. The van der Waals surface area contributed by atoms with Gasteiger partial charge in [0.05, 0.1) is 10.6 Å². The van der Waals surface area contributed by atoms with E-state index in [-0.39, 0.29) is 17.3 Å². The van der Waals surface area contributed by atoms with Crippen molar-refractivity contribution in [2.45, 2.75) is 13.8 Å². The molecule has 0 bridgehead atoms. The SMILES string of the molecule is CC(=O)c1sc(NC(=O)c2n[nH]nc2N)nc1C. The zero-order valence-electron chi connectivity index (χ0n) is 9.64. The fourth-order valence-electron chi connectivity index (χ4n) is 1.34. The van der Waals surface area contributed by atoms with Gasteiger partial charge in [0.15, 0.2) is 22.4 Å². The summed E-state index contributed by atoms with van der Waals surface area (Å²) in [5, 5.41) is 12.2. The van der Waals surface area contributed by atoms with Crippen LogP contribution < -0.4 is 11.1 Å². The average molecular weight is 266 g/mol. The second kappa shape index (κ2) is 4.53. The molecule has 0 saturated carbocycles. The van der Waals surface area contributed by atoms with E-state index in [1.165, 1.54) is 6.92 Å². The van der Waals surface area contributed by atoms with Crippen LogP contribution in [0.1, 0.15) is 32.8 Å². The monoisotopic (exact) mass is 266 g/mol. The van der Waals surface area contributed by atoms with Gasteiger partial charge >= 0.3 is 0 Å². The lowest BCUT2D eigenvalue weighted by Gasteiger charge is -1.97. The summed E-state index contributed by atoms with van der Waals surface area (Å²) in [5.41, 5.74) is 6.01. The minimum absolute atomic E-state index is 0.00701. The number of ketones is 1. The van der Waals surface area contributed by atoms with Crippen molar-refractivity contribution in [3.8, 4) is 0 Å². The predicted molar refractivity (Wildman–Crippen MR) is 65.6 cm³/mol. The van der Waals surface area contributed by atoms with Gasteiger partial charge in [-0.1, -0.05) is 11.3 Å². The maximum atomic E-state index is 11.8. The van der Waals surface area contributed by atoms with E-state index in [0.717, 1.165) is 11.3 Å². The van der Waals surface area contributed by atoms with Gasteiger partial charge in [-0.15, -0.1) is 10.2 Å². The summed E-state index contributed by atoms with van der Waals surface area (Å²) in [4.78, 5) is 27.6. The Balaban J connectivity index is 2.20. The molecule has 2 aromatic heterocycles. The largest absolute Gasteiger partial charge is 0.380 e. The molecule has 0 saturated heterocycles. The highest BCUT2D eigenvalue weighted by molar-refractivity contribution is 7.17. The first-order chi connectivity index (χ1) is 8.49. The quantitative estimate of drug-likeness (QED) is 0.698. The Morgan fingerprint density at radius 2 is 2.11 bits per heavy atom. The van der Waals surface area contributed by atoms with Gasteiger partial charge in [0.2, 0.25) is 0 Å². The van der Waals surface area contributed by atoms with Crippen molar-refractivity contribution in [1.82, 2.24) is 20.4 Å². The van der Waals surface area contributed by atoms with E-state index in [1.54, 1.807) is 6.92 Å². The van der Waals surface area contributed by atoms with Crippen molar-refractivity contribution in [2.75, 3.05) is 11.1 Å². The van der Waals surface area contributed by atoms with E-state index >= 15 is 0 Å². The number of aromatic amines is 1. The molecule has 8 nitrogen and oxygen atoms in total. The van der Waals surface area contributed by atoms with Crippen LogP contribution in [0.2, 0.25) is 0 Å². The van der Waals surface area contributed by atoms with E-state index in [4.69, 9.17) is 5.73 Å². The molecule has 0 aliphatic heterocycles. The third kappa shape index (κ3) is 2.20. The maximum Gasteiger partial charge on any atom is 0.281 e. The zero-order valence-corrected chi connectivity index (χ0v) is 10.5. The van der Waals surface area contributed by atoms with Crippen LogP contribution in [0.25, 0.3) is 0 Å². The maximum absolute atomic E-state index is 11.8. The Hall–Kier alpha value is -2.29. The Kier molecular flexibility index (Phi) is 3.06. The van der Waals surface area contributed by atoms with Crippen LogP contribution in [0.3, 0.4) is 0 Å². The van der Waals surface area contributed by atoms with Gasteiger partial charge in [0.1, 0.15) is 0 Å². The van der Waals surface area contributed by atoms with Gasteiger partial charge in [-0.25, -0.2) is 4.98 Å². The molecule has 0 aromatic carbocycles. The van der Waals surface area contributed by atoms with E-state index in [2.05, 4.69) is 25.7 Å². The van der Waals surface area contributed by atoms with Gasteiger partial charge in [-0.3, -0.25) is 14.9 Å². The van der Waals surface area contributed by atoms with E-state index in [1.807, 2.05) is 0 Å². The number of carbonyl (C=O) groups excluding carboxylic acids is 2. The Labute approximate surface area is 106 Å². The number of hydrogen-bond donors (Lipinski definition) is 3. The molecule has 9 heteroatoms. The van der Waals surface area contributed by atoms with Gasteiger partial charge in [0, 0.05) is 6.92 Å². The first-order valence-corrected chi connectivity index (χ1v) is 5.76. The average Bonchev–Trinajstić information content (AvgIpc) is 2.84. The van der Waals surface area contributed by atoms with Crippen LogP contribution in [-0.4, -0.2) is 32.1 Å². The first kappa shape index (κ1) is 12.2. The molecule has 2 rings (SSSR count). The molecule has 4 N–H and O–H groups in total. The number of H-pyrrole nitrogens is 1. The van der Waals surface area contributed by atoms with Crippen LogP contribution in [0.4, 0.5) is 10.9 Å². The fraction of sp³-hybridized carbons (Fsp3) is 0.222. The number of aryl methyl sites for hydroxylation is 1. The number of aromatic nitrogens is 4. The third-order valence-electron chi connectivity index (χ3n) is 2.13. The summed E-state index contributed by atoms with van der Waals surface area (Å²) >= 11 is 1.11. The second-order valence-electron chi connectivity index (χ2n) is 3.50. The van der Waals surface area contributed by atoms with E-state index in [0.29, 0.717) is 15.7 Å². The summed E-state index contributed by atoms with van der Waals surface area (Å²) < 4.78 is 0. The van der Waals surface area contributed by atoms with E-state index < -0.39 is 5.91 Å². The number of nitrogens with one attached hydrogen (secondary N) is 2. The molecule has 0 fully saturated rings. The topological polar surface area (TPSA) is 127 Å². The molecule has 1 amide bonds. The van der Waals surface area contributed by atoms with Crippen LogP contribution in [0.15, 0.2) is 0 Å². The number of thiazole rings is 1. The Morgan fingerprint density at radius 3 is 2.61 bits per heavy atom. The molecule has 94 valence electrons. The fourth-order valence-corrected chi connectivity index (χ4v) is 2.20. The molecule has 0 atom stereocenters. The molecule has 18 heavy (non-hydrogen) atoms. The lowest BCUT2D eigenvalue weighted by molar-refractivity contribution is 0.101. The zero-order chi connectivity index (χ0) is 13.3. The van der Waals surface area contributed by atoms with Crippen molar-refractivity contribution in [3.63, 3.8) is 0 Å². The number of nitrogen functional groups attached to an aromatic ring is 1. The number of amides is 1. The van der Waals surface area contributed by atoms with Crippen molar-refractivity contribution >= 4 is 34.0 Å². The van der Waals surface area contributed by atoms with Crippen LogP contribution >= 0.6 is 11.3 Å². The smallest absolute Gasteiger partial charge is 0.281 e. The Morgan fingerprint density at radius 1 is 1.39 bits per heavy atom. The highest BCUT2D eigenvalue weighted by atomic mass is 32.1. The summed E-state index contributed by atoms with van der Waals surface area (Å²) in [6, 6.07) is 0. The number of nitrogens with two attached hydrogens (primary N) is 1. The third-order valence-corrected chi connectivity index (χ3v) is 3.30. The van der Waals surface area contributed by atoms with Crippen molar-refractivity contribution in [1.29, 1.82) is 0 Å². The summed E-state index contributed by atoms with van der Waals surface area (Å²) in [5.74, 6) is -0.607. The number of carbonyl (C=O) groups is 2. The van der Waals surface area contributed by atoms with Crippen molar-refractivity contribution < 1.29 is 9.59 Å². The minimum atomic E-state index is -0.523. The lowest BCUT2D eigenvalue weighted by atomic mass is 10.3. The summed E-state index contributed by atoms with van der Waals surface area (Å²) in [6.45, 7) is 3.15. The van der Waals surface area contributed by atoms with Crippen molar-refractivity contribution in [2.24, 2.45) is 0 Å². The number of Topliss-reactive ketones (excluding diaryl/α,β-unsaturated/α-hetero) is 1. The Bertz CT molecular complexity index is 616. The minimum Gasteiger partial charge on any atom is -0.380 e. The number of rotatable bonds is 3. The standard InChI is InChI=1S/C9H10N6O2S/c1-3-6(4(2)16)18-9(11-3)12-8(17)5-7(10)14-15-13-5/h1-2H3,(H,11,12,17)(H3,10,13,14,15). The van der Waals surface area contributed by atoms with Gasteiger partial charge in [-0.2, -0.15) is 5.21 Å². The van der Waals surface area contributed by atoms with Gasteiger partial charge < -0.3 is 5.73 Å². The molecular formula is C9H10N6O2S. The number of nitrogens with zero attached hydrogens (tertiary/aromatic N) is 3. The van der Waals surface area contributed by atoms with Gasteiger partial charge in [0.25, 0.3) is 5.91 Å².